The molecule has 0 aromatic heterocycles. The first-order chi connectivity index (χ1) is 10.5. The van der Waals surface area contributed by atoms with Gasteiger partial charge in [-0.1, -0.05) is 37.0 Å². The maximum absolute atomic E-state index is 12.6. The summed E-state index contributed by atoms with van der Waals surface area (Å²) in [6.07, 6.45) is -0.695. The normalized spacial score (nSPS) is 11.3. The van der Waals surface area contributed by atoms with E-state index in [4.69, 9.17) is 27.9 Å². The number of hydrogen-bond acceptors (Lipinski definition) is 3. The van der Waals surface area contributed by atoms with Crippen LogP contribution in [0.3, 0.4) is 0 Å². The minimum Gasteiger partial charge on any atom is -0.443 e. The van der Waals surface area contributed by atoms with Crippen LogP contribution in [0.15, 0.2) is 18.2 Å². The number of amides is 2. The molecule has 7 heteroatoms. The second-order valence-electron chi connectivity index (χ2n) is 6.58. The van der Waals surface area contributed by atoms with E-state index in [1.165, 1.54) is 23.2 Å². The van der Waals surface area contributed by atoms with E-state index in [-0.39, 0.29) is 5.92 Å². The highest BCUT2D eigenvalue weighted by molar-refractivity contribution is 6.35. The highest BCUT2D eigenvalue weighted by Crippen LogP contribution is 2.20. The highest BCUT2D eigenvalue weighted by atomic mass is 35.5. The molecular formula is C16H22Cl2N2O3. The molecule has 0 bridgehead atoms. The highest BCUT2D eigenvalue weighted by Gasteiger charge is 2.23. The molecule has 1 N–H and O–H groups in total. The molecule has 0 fully saturated rings. The van der Waals surface area contributed by atoms with Crippen molar-refractivity contribution in [2.24, 2.45) is 5.92 Å². The molecular weight excluding hydrogens is 339 g/mol. The molecule has 0 aliphatic carbocycles. The van der Waals surface area contributed by atoms with Gasteiger partial charge in [-0.2, -0.15) is 0 Å². The van der Waals surface area contributed by atoms with Crippen LogP contribution in [0.2, 0.25) is 10.0 Å². The van der Waals surface area contributed by atoms with Gasteiger partial charge >= 0.3 is 6.09 Å². The SMILES string of the molecule is CC(C)CN(NC(=O)OC(C)(C)C)C(=O)c1cc(Cl)cc(Cl)c1. The van der Waals surface area contributed by atoms with Crippen molar-refractivity contribution < 1.29 is 14.3 Å². The number of carbonyl (C=O) groups is 2. The van der Waals surface area contributed by atoms with Gasteiger partial charge in [0.15, 0.2) is 0 Å². The third-order valence-electron chi connectivity index (χ3n) is 2.53. The van der Waals surface area contributed by atoms with Gasteiger partial charge in [-0.3, -0.25) is 4.79 Å². The first-order valence-corrected chi connectivity index (χ1v) is 8.01. The lowest BCUT2D eigenvalue weighted by molar-refractivity contribution is 0.0277. The molecule has 1 aromatic rings. The first-order valence-electron chi connectivity index (χ1n) is 7.25. The summed E-state index contributed by atoms with van der Waals surface area (Å²) in [6, 6.07) is 4.54. The molecule has 0 aliphatic rings. The molecule has 2 amide bonds. The molecule has 1 aromatic carbocycles. The molecule has 23 heavy (non-hydrogen) atoms. The van der Waals surface area contributed by atoms with E-state index in [0.29, 0.717) is 22.2 Å². The predicted molar refractivity (Wildman–Crippen MR) is 91.7 cm³/mol. The average Bonchev–Trinajstić information content (AvgIpc) is 2.32. The van der Waals surface area contributed by atoms with Crippen LogP contribution in [0.25, 0.3) is 0 Å². The van der Waals surface area contributed by atoms with Gasteiger partial charge in [0.25, 0.3) is 5.91 Å². The Hall–Kier alpha value is -1.46. The number of rotatable bonds is 3. The molecule has 128 valence electrons. The molecule has 0 atom stereocenters. The van der Waals surface area contributed by atoms with Crippen molar-refractivity contribution in [1.29, 1.82) is 0 Å². The second kappa shape index (κ2) is 7.88. The number of hydrazine groups is 1. The topological polar surface area (TPSA) is 58.6 Å². The van der Waals surface area contributed by atoms with E-state index in [1.807, 2.05) is 13.8 Å². The van der Waals surface area contributed by atoms with E-state index in [2.05, 4.69) is 5.43 Å². The van der Waals surface area contributed by atoms with Gasteiger partial charge in [0, 0.05) is 22.2 Å². The van der Waals surface area contributed by atoms with Crippen LogP contribution < -0.4 is 5.43 Å². The third kappa shape index (κ3) is 7.10. The molecule has 0 unspecified atom stereocenters. The van der Waals surface area contributed by atoms with Gasteiger partial charge in [0.1, 0.15) is 5.60 Å². The minimum absolute atomic E-state index is 0.142. The number of halogens is 2. The lowest BCUT2D eigenvalue weighted by Crippen LogP contribution is -2.49. The van der Waals surface area contributed by atoms with Crippen LogP contribution in [0, 0.1) is 5.92 Å². The zero-order valence-corrected chi connectivity index (χ0v) is 15.5. The van der Waals surface area contributed by atoms with Crippen LogP contribution in [-0.4, -0.2) is 29.2 Å². The lowest BCUT2D eigenvalue weighted by atomic mass is 10.1. The molecule has 0 spiro atoms. The molecule has 0 saturated heterocycles. The van der Waals surface area contributed by atoms with Crippen molar-refractivity contribution in [3.63, 3.8) is 0 Å². The molecule has 0 radical (unpaired) electrons. The average molecular weight is 361 g/mol. The van der Waals surface area contributed by atoms with Gasteiger partial charge in [-0.05, 0) is 44.9 Å². The summed E-state index contributed by atoms with van der Waals surface area (Å²) in [4.78, 5) is 24.6. The van der Waals surface area contributed by atoms with Gasteiger partial charge in [-0.15, -0.1) is 0 Å². The van der Waals surface area contributed by atoms with Crippen molar-refractivity contribution in [2.45, 2.75) is 40.2 Å². The Balaban J connectivity index is 2.96. The van der Waals surface area contributed by atoms with Crippen LogP contribution in [0.5, 0.6) is 0 Å². The Labute approximate surface area is 146 Å². The molecule has 0 aliphatic heterocycles. The van der Waals surface area contributed by atoms with Crippen molar-refractivity contribution in [3.8, 4) is 0 Å². The summed E-state index contributed by atoms with van der Waals surface area (Å²) in [7, 11) is 0. The maximum atomic E-state index is 12.6. The van der Waals surface area contributed by atoms with E-state index in [1.54, 1.807) is 20.8 Å². The van der Waals surface area contributed by atoms with Crippen LogP contribution in [0.4, 0.5) is 4.79 Å². The fraction of sp³-hybridized carbons (Fsp3) is 0.500. The summed E-state index contributed by atoms with van der Waals surface area (Å²) in [6.45, 7) is 9.43. The number of benzene rings is 1. The smallest absolute Gasteiger partial charge is 0.426 e. The van der Waals surface area contributed by atoms with E-state index in [0.717, 1.165) is 0 Å². The molecule has 5 nitrogen and oxygen atoms in total. The largest absolute Gasteiger partial charge is 0.443 e. The summed E-state index contributed by atoms with van der Waals surface area (Å²) in [5.41, 5.74) is 2.11. The van der Waals surface area contributed by atoms with Crippen LogP contribution in [-0.2, 0) is 4.74 Å². The Bertz CT molecular complexity index is 563. The molecule has 0 saturated carbocycles. The maximum Gasteiger partial charge on any atom is 0.426 e. The van der Waals surface area contributed by atoms with Crippen molar-refractivity contribution in [1.82, 2.24) is 10.4 Å². The summed E-state index contributed by atoms with van der Waals surface area (Å²) < 4.78 is 5.19. The minimum atomic E-state index is -0.695. The standard InChI is InChI=1S/C16H22Cl2N2O3/c1-10(2)9-20(19-15(22)23-16(3,4)5)14(21)11-6-12(17)8-13(18)7-11/h6-8,10H,9H2,1-5H3,(H,19,22). The zero-order valence-electron chi connectivity index (χ0n) is 13.9. The Morgan fingerprint density at radius 3 is 2.13 bits per heavy atom. The van der Waals surface area contributed by atoms with Gasteiger partial charge in [0.05, 0.1) is 0 Å². The first kappa shape index (κ1) is 19.6. The van der Waals surface area contributed by atoms with E-state index in [9.17, 15) is 9.59 Å². The predicted octanol–water partition coefficient (Wildman–Crippen LogP) is 4.53. The number of nitrogens with zero attached hydrogens (tertiary/aromatic N) is 1. The van der Waals surface area contributed by atoms with Gasteiger partial charge in [-0.25, -0.2) is 15.2 Å². The number of carbonyl (C=O) groups excluding carboxylic acids is 2. The zero-order chi connectivity index (χ0) is 17.8. The second-order valence-corrected chi connectivity index (χ2v) is 7.45. The quantitative estimate of drug-likeness (QED) is 0.805. The van der Waals surface area contributed by atoms with Crippen LogP contribution >= 0.6 is 23.2 Å². The van der Waals surface area contributed by atoms with E-state index < -0.39 is 17.6 Å². The number of ether oxygens (including phenoxy) is 1. The molecule has 0 heterocycles. The van der Waals surface area contributed by atoms with E-state index >= 15 is 0 Å². The molecule has 1 rings (SSSR count). The Morgan fingerprint density at radius 2 is 1.70 bits per heavy atom. The fourth-order valence-corrected chi connectivity index (χ4v) is 2.31. The van der Waals surface area contributed by atoms with Gasteiger partial charge in [0.2, 0.25) is 0 Å². The van der Waals surface area contributed by atoms with Crippen molar-refractivity contribution in [2.75, 3.05) is 6.54 Å². The van der Waals surface area contributed by atoms with Crippen LogP contribution in [0.1, 0.15) is 45.0 Å². The lowest BCUT2D eigenvalue weighted by Gasteiger charge is -2.27. The summed E-state index contributed by atoms with van der Waals surface area (Å²) in [5.74, 6) is -0.266. The Morgan fingerprint density at radius 1 is 1.17 bits per heavy atom. The van der Waals surface area contributed by atoms with Gasteiger partial charge < -0.3 is 4.74 Å². The summed E-state index contributed by atoms with van der Waals surface area (Å²) >= 11 is 11.9. The Kier molecular flexibility index (Phi) is 6.71. The number of nitrogens with one attached hydrogen (secondary N) is 1. The monoisotopic (exact) mass is 360 g/mol. The summed E-state index contributed by atoms with van der Waals surface area (Å²) in [5, 5.41) is 1.91. The van der Waals surface area contributed by atoms with Crippen molar-refractivity contribution in [3.05, 3.63) is 33.8 Å². The third-order valence-corrected chi connectivity index (χ3v) is 2.96. The number of hydrogen-bond donors (Lipinski definition) is 1. The van der Waals surface area contributed by atoms with Crippen molar-refractivity contribution >= 4 is 35.2 Å². The fourth-order valence-electron chi connectivity index (χ4n) is 1.79.